The average molecular weight is 267 g/mol. The molecule has 0 amide bonds. The second-order valence-electron chi connectivity index (χ2n) is 4.56. The molecule has 2 N–H and O–H groups in total. The molecule has 1 saturated heterocycles. The Bertz CT molecular complexity index is 371. The first kappa shape index (κ1) is 13.6. The molecule has 0 saturated carbocycles. The smallest absolute Gasteiger partial charge is 0.212 e. The molecule has 2 rings (SSSR count). The van der Waals surface area contributed by atoms with E-state index in [1.165, 1.54) is 11.3 Å². The number of thioether (sulfide) groups is 1. The molecule has 0 radical (unpaired) electrons. The lowest BCUT2D eigenvalue weighted by molar-refractivity contribution is 0.210. The summed E-state index contributed by atoms with van der Waals surface area (Å²) in [5, 5.41) is 0.680. The summed E-state index contributed by atoms with van der Waals surface area (Å²) in [6.45, 7) is 5.10. The molecule has 0 aromatic carbocycles. The standard InChI is InChI=1S/C13H21N3OS/c1-10-9-16(5-6-18-10)12(7-14)11-3-4-13(17-2)15-8-11/h3-4,8,10,12H,5-7,9,14H2,1-2H3. The van der Waals surface area contributed by atoms with Gasteiger partial charge in [0, 0.05) is 48.9 Å². The van der Waals surface area contributed by atoms with Crippen molar-refractivity contribution in [2.45, 2.75) is 18.2 Å². The maximum Gasteiger partial charge on any atom is 0.212 e. The van der Waals surface area contributed by atoms with Crippen LogP contribution in [0.15, 0.2) is 18.3 Å². The average Bonchev–Trinajstić information content (AvgIpc) is 2.40. The highest BCUT2D eigenvalue weighted by atomic mass is 32.2. The van der Waals surface area contributed by atoms with Crippen LogP contribution in [0, 0.1) is 0 Å². The number of methoxy groups -OCH3 is 1. The second kappa shape index (κ2) is 6.41. The number of rotatable bonds is 4. The molecule has 2 unspecified atom stereocenters. The monoisotopic (exact) mass is 267 g/mol. The van der Waals surface area contributed by atoms with Gasteiger partial charge in [-0.15, -0.1) is 0 Å². The van der Waals surface area contributed by atoms with Gasteiger partial charge in [-0.05, 0) is 5.56 Å². The van der Waals surface area contributed by atoms with Gasteiger partial charge in [-0.3, -0.25) is 4.90 Å². The first-order valence-corrected chi connectivity index (χ1v) is 7.35. The van der Waals surface area contributed by atoms with E-state index in [1.807, 2.05) is 24.0 Å². The highest BCUT2D eigenvalue weighted by Gasteiger charge is 2.24. The van der Waals surface area contributed by atoms with E-state index in [2.05, 4.69) is 22.9 Å². The highest BCUT2D eigenvalue weighted by Crippen LogP contribution is 2.26. The summed E-state index contributed by atoms with van der Waals surface area (Å²) in [7, 11) is 1.63. The van der Waals surface area contributed by atoms with E-state index in [0.717, 1.165) is 13.1 Å². The van der Waals surface area contributed by atoms with Crippen LogP contribution in [0.1, 0.15) is 18.5 Å². The summed E-state index contributed by atoms with van der Waals surface area (Å²) in [4.78, 5) is 6.73. The van der Waals surface area contributed by atoms with Gasteiger partial charge in [0.05, 0.1) is 7.11 Å². The Hall–Kier alpha value is -0.780. The van der Waals surface area contributed by atoms with Crippen molar-refractivity contribution in [2.24, 2.45) is 5.73 Å². The highest BCUT2D eigenvalue weighted by molar-refractivity contribution is 7.99. The van der Waals surface area contributed by atoms with Crippen molar-refractivity contribution in [1.29, 1.82) is 0 Å². The normalized spacial score (nSPS) is 22.7. The van der Waals surface area contributed by atoms with E-state index in [-0.39, 0.29) is 6.04 Å². The van der Waals surface area contributed by atoms with Crippen molar-refractivity contribution in [3.8, 4) is 5.88 Å². The van der Waals surface area contributed by atoms with Gasteiger partial charge < -0.3 is 10.5 Å². The zero-order valence-electron chi connectivity index (χ0n) is 11.0. The molecular weight excluding hydrogens is 246 g/mol. The van der Waals surface area contributed by atoms with Crippen LogP contribution in [-0.2, 0) is 0 Å². The number of pyridine rings is 1. The summed E-state index contributed by atoms with van der Waals surface area (Å²) in [5.74, 6) is 1.83. The van der Waals surface area contributed by atoms with Gasteiger partial charge in [-0.2, -0.15) is 11.8 Å². The zero-order chi connectivity index (χ0) is 13.0. The molecular formula is C13H21N3OS. The number of nitrogens with two attached hydrogens (primary N) is 1. The molecule has 0 bridgehead atoms. The Balaban J connectivity index is 2.11. The topological polar surface area (TPSA) is 51.4 Å². The Morgan fingerprint density at radius 1 is 1.61 bits per heavy atom. The van der Waals surface area contributed by atoms with Gasteiger partial charge in [-0.25, -0.2) is 4.98 Å². The van der Waals surface area contributed by atoms with Crippen molar-refractivity contribution >= 4 is 11.8 Å². The third-order valence-electron chi connectivity index (χ3n) is 3.29. The van der Waals surface area contributed by atoms with E-state index >= 15 is 0 Å². The largest absolute Gasteiger partial charge is 0.481 e. The lowest BCUT2D eigenvalue weighted by Crippen LogP contribution is -2.42. The first-order valence-electron chi connectivity index (χ1n) is 6.30. The number of aromatic nitrogens is 1. The number of nitrogens with zero attached hydrogens (tertiary/aromatic N) is 2. The predicted octanol–water partition coefficient (Wildman–Crippen LogP) is 1.53. The van der Waals surface area contributed by atoms with Gasteiger partial charge in [0.2, 0.25) is 5.88 Å². The van der Waals surface area contributed by atoms with Gasteiger partial charge >= 0.3 is 0 Å². The molecule has 0 aliphatic carbocycles. The molecule has 100 valence electrons. The molecule has 1 aliphatic heterocycles. The zero-order valence-corrected chi connectivity index (χ0v) is 11.8. The van der Waals surface area contributed by atoms with Crippen LogP contribution in [0.4, 0.5) is 0 Å². The van der Waals surface area contributed by atoms with Crippen LogP contribution in [0.3, 0.4) is 0 Å². The fourth-order valence-corrected chi connectivity index (χ4v) is 3.37. The van der Waals surface area contributed by atoms with Crippen LogP contribution in [0.25, 0.3) is 0 Å². The fraction of sp³-hybridized carbons (Fsp3) is 0.615. The van der Waals surface area contributed by atoms with Crippen LogP contribution < -0.4 is 10.5 Å². The molecule has 1 aromatic rings. The minimum absolute atomic E-state index is 0.270. The van der Waals surface area contributed by atoms with Gasteiger partial charge in [0.25, 0.3) is 0 Å². The summed E-state index contributed by atoms with van der Waals surface area (Å²) < 4.78 is 5.09. The molecule has 1 aliphatic rings. The van der Waals surface area contributed by atoms with Crippen molar-refractivity contribution in [3.05, 3.63) is 23.9 Å². The Kier molecular flexibility index (Phi) is 4.86. The second-order valence-corrected chi connectivity index (χ2v) is 6.11. The Morgan fingerprint density at radius 3 is 3.00 bits per heavy atom. The number of hydrogen-bond acceptors (Lipinski definition) is 5. The summed E-state index contributed by atoms with van der Waals surface area (Å²) in [6, 6.07) is 4.24. The van der Waals surface area contributed by atoms with Gasteiger partial charge in [-0.1, -0.05) is 13.0 Å². The number of hydrogen-bond donors (Lipinski definition) is 1. The van der Waals surface area contributed by atoms with Gasteiger partial charge in [0.1, 0.15) is 0 Å². The molecule has 0 spiro atoms. The van der Waals surface area contributed by atoms with Crippen LogP contribution >= 0.6 is 11.8 Å². The predicted molar refractivity (Wildman–Crippen MR) is 76.1 cm³/mol. The SMILES string of the molecule is COc1ccc(C(CN)N2CCSC(C)C2)cn1. The van der Waals surface area contributed by atoms with Crippen LogP contribution in [0.5, 0.6) is 5.88 Å². The lowest BCUT2D eigenvalue weighted by atomic mass is 10.1. The number of ether oxygens (including phenoxy) is 1. The van der Waals surface area contributed by atoms with Crippen molar-refractivity contribution in [1.82, 2.24) is 9.88 Å². The quantitative estimate of drug-likeness (QED) is 0.896. The minimum atomic E-state index is 0.270. The molecule has 5 heteroatoms. The van der Waals surface area contributed by atoms with Crippen molar-refractivity contribution < 1.29 is 4.74 Å². The third kappa shape index (κ3) is 3.16. The Labute approximate surface area is 113 Å². The van der Waals surface area contributed by atoms with E-state index in [1.54, 1.807) is 7.11 Å². The van der Waals surface area contributed by atoms with E-state index in [9.17, 15) is 0 Å². The van der Waals surface area contributed by atoms with E-state index in [0.29, 0.717) is 17.7 Å². The summed E-state index contributed by atoms with van der Waals surface area (Å²) in [6.07, 6.45) is 1.88. The minimum Gasteiger partial charge on any atom is -0.481 e. The maximum absolute atomic E-state index is 5.94. The van der Waals surface area contributed by atoms with Crippen LogP contribution in [0.2, 0.25) is 0 Å². The molecule has 2 atom stereocenters. The Morgan fingerprint density at radius 2 is 2.44 bits per heavy atom. The molecule has 1 fully saturated rings. The molecule has 18 heavy (non-hydrogen) atoms. The first-order chi connectivity index (χ1) is 8.74. The molecule has 2 heterocycles. The fourth-order valence-electron chi connectivity index (χ4n) is 2.33. The molecule has 1 aromatic heterocycles. The van der Waals surface area contributed by atoms with E-state index in [4.69, 9.17) is 10.5 Å². The maximum atomic E-state index is 5.94. The summed E-state index contributed by atoms with van der Waals surface area (Å²) >= 11 is 2.03. The molecule has 4 nitrogen and oxygen atoms in total. The van der Waals surface area contributed by atoms with Crippen molar-refractivity contribution in [3.63, 3.8) is 0 Å². The van der Waals surface area contributed by atoms with Crippen LogP contribution in [-0.4, -0.2) is 47.6 Å². The van der Waals surface area contributed by atoms with Gasteiger partial charge in [0.15, 0.2) is 0 Å². The lowest BCUT2D eigenvalue weighted by Gasteiger charge is -2.36. The van der Waals surface area contributed by atoms with E-state index < -0.39 is 0 Å². The summed E-state index contributed by atoms with van der Waals surface area (Å²) in [5.41, 5.74) is 7.12. The third-order valence-corrected chi connectivity index (χ3v) is 4.43. The van der Waals surface area contributed by atoms with Crippen molar-refractivity contribution in [2.75, 3.05) is 32.5 Å².